The van der Waals surface area contributed by atoms with Crippen molar-refractivity contribution in [1.82, 2.24) is 19.9 Å². The molecule has 0 aliphatic carbocycles. The molecule has 7 heteroatoms. The average molecular weight is 341 g/mol. The van der Waals surface area contributed by atoms with Gasteiger partial charge in [0.25, 0.3) is 5.56 Å². The van der Waals surface area contributed by atoms with Gasteiger partial charge in [-0.3, -0.25) is 9.69 Å². The van der Waals surface area contributed by atoms with Crippen molar-refractivity contribution in [3.8, 4) is 0 Å². The maximum atomic E-state index is 12.2. The van der Waals surface area contributed by atoms with Crippen molar-refractivity contribution in [2.45, 2.75) is 26.4 Å². The second-order valence-electron chi connectivity index (χ2n) is 6.66. The van der Waals surface area contributed by atoms with Crippen molar-refractivity contribution >= 4 is 5.82 Å². The first-order chi connectivity index (χ1) is 12.2. The van der Waals surface area contributed by atoms with Gasteiger partial charge in [0, 0.05) is 45.3 Å². The summed E-state index contributed by atoms with van der Waals surface area (Å²) in [6.07, 6.45) is 2.76. The largest absolute Gasteiger partial charge is 0.378 e. The Kier molecular flexibility index (Phi) is 4.50. The summed E-state index contributed by atoms with van der Waals surface area (Å²) in [5.41, 5.74) is 2.90. The third-order valence-corrected chi connectivity index (χ3v) is 4.82. The zero-order valence-corrected chi connectivity index (χ0v) is 14.5. The number of anilines is 1. The molecule has 0 aromatic carbocycles. The van der Waals surface area contributed by atoms with E-state index in [4.69, 9.17) is 4.74 Å². The topological polar surface area (TPSA) is 74.4 Å². The zero-order chi connectivity index (χ0) is 17.2. The van der Waals surface area contributed by atoms with E-state index < -0.39 is 0 Å². The molecule has 132 valence electrons. The second-order valence-corrected chi connectivity index (χ2v) is 6.66. The summed E-state index contributed by atoms with van der Waals surface area (Å²) < 4.78 is 5.38. The lowest BCUT2D eigenvalue weighted by Crippen LogP contribution is -2.37. The molecule has 0 atom stereocenters. The minimum atomic E-state index is -0.00649. The number of rotatable bonds is 3. The number of hydrogen-bond donors (Lipinski definition) is 1. The Morgan fingerprint density at radius 1 is 1.24 bits per heavy atom. The van der Waals surface area contributed by atoms with E-state index in [1.165, 1.54) is 0 Å². The van der Waals surface area contributed by atoms with Gasteiger partial charge in [0.1, 0.15) is 11.6 Å². The summed E-state index contributed by atoms with van der Waals surface area (Å²) in [5, 5.41) is 0. The number of fused-ring (bicyclic) bond motifs is 1. The molecule has 4 heterocycles. The molecule has 1 saturated heterocycles. The Morgan fingerprint density at radius 2 is 2.08 bits per heavy atom. The highest BCUT2D eigenvalue weighted by atomic mass is 16.5. The molecule has 2 aliphatic heterocycles. The second kappa shape index (κ2) is 6.93. The van der Waals surface area contributed by atoms with E-state index in [-0.39, 0.29) is 5.56 Å². The lowest BCUT2D eigenvalue weighted by atomic mass is 10.1. The number of nitrogens with one attached hydrogen (secondary N) is 1. The number of nitrogens with zero attached hydrogens (tertiary/aromatic N) is 4. The molecule has 0 spiro atoms. The monoisotopic (exact) mass is 341 g/mol. The SMILES string of the molecule is Cc1nc2c(c(=O)[nH]1)CN(Cc1ccc(N3CCOCC3)nc1)CC2. The molecule has 2 aromatic heterocycles. The van der Waals surface area contributed by atoms with Crippen LogP contribution in [0.25, 0.3) is 0 Å². The van der Waals surface area contributed by atoms with Crippen LogP contribution in [0.4, 0.5) is 5.82 Å². The van der Waals surface area contributed by atoms with Gasteiger partial charge in [0.2, 0.25) is 0 Å². The molecule has 25 heavy (non-hydrogen) atoms. The van der Waals surface area contributed by atoms with Crippen LogP contribution in [0, 0.1) is 6.92 Å². The Bertz CT molecular complexity index is 796. The van der Waals surface area contributed by atoms with Crippen molar-refractivity contribution in [3.63, 3.8) is 0 Å². The maximum Gasteiger partial charge on any atom is 0.255 e. The third-order valence-electron chi connectivity index (χ3n) is 4.82. The molecule has 0 radical (unpaired) electrons. The van der Waals surface area contributed by atoms with E-state index >= 15 is 0 Å². The molecule has 1 fully saturated rings. The van der Waals surface area contributed by atoms with E-state index in [0.29, 0.717) is 12.4 Å². The maximum absolute atomic E-state index is 12.2. The van der Waals surface area contributed by atoms with Crippen molar-refractivity contribution in [2.75, 3.05) is 37.7 Å². The summed E-state index contributed by atoms with van der Waals surface area (Å²) in [5.74, 6) is 1.70. The molecular weight excluding hydrogens is 318 g/mol. The lowest BCUT2D eigenvalue weighted by molar-refractivity contribution is 0.122. The van der Waals surface area contributed by atoms with Gasteiger partial charge >= 0.3 is 0 Å². The summed E-state index contributed by atoms with van der Waals surface area (Å²) in [7, 11) is 0. The van der Waals surface area contributed by atoms with E-state index in [1.54, 1.807) is 0 Å². The fraction of sp³-hybridized carbons (Fsp3) is 0.500. The normalized spacial score (nSPS) is 18.2. The Labute approximate surface area is 146 Å². The molecule has 1 N–H and O–H groups in total. The van der Waals surface area contributed by atoms with Crippen LogP contribution in [-0.2, 0) is 24.2 Å². The van der Waals surface area contributed by atoms with E-state index in [1.807, 2.05) is 13.1 Å². The highest BCUT2D eigenvalue weighted by Crippen LogP contribution is 2.18. The summed E-state index contributed by atoms with van der Waals surface area (Å²) in [6, 6.07) is 4.21. The Hall–Kier alpha value is -2.25. The van der Waals surface area contributed by atoms with Crippen LogP contribution in [-0.4, -0.2) is 52.7 Å². The average Bonchev–Trinajstić information content (AvgIpc) is 2.63. The van der Waals surface area contributed by atoms with Gasteiger partial charge < -0.3 is 14.6 Å². The molecule has 0 unspecified atom stereocenters. The first-order valence-corrected chi connectivity index (χ1v) is 8.78. The number of ether oxygens (including phenoxy) is 1. The molecule has 0 saturated carbocycles. The highest BCUT2D eigenvalue weighted by Gasteiger charge is 2.21. The van der Waals surface area contributed by atoms with Crippen molar-refractivity contribution in [1.29, 1.82) is 0 Å². The smallest absolute Gasteiger partial charge is 0.255 e. The molecule has 0 bridgehead atoms. The summed E-state index contributed by atoms with van der Waals surface area (Å²) >= 11 is 0. The van der Waals surface area contributed by atoms with Gasteiger partial charge in [0.05, 0.1) is 24.5 Å². The third kappa shape index (κ3) is 3.57. The Balaban J connectivity index is 1.43. The Morgan fingerprint density at radius 3 is 2.84 bits per heavy atom. The van der Waals surface area contributed by atoms with Crippen molar-refractivity contribution < 1.29 is 4.74 Å². The quantitative estimate of drug-likeness (QED) is 0.893. The van der Waals surface area contributed by atoms with E-state index in [0.717, 1.165) is 68.5 Å². The van der Waals surface area contributed by atoms with Crippen LogP contribution in [0.3, 0.4) is 0 Å². The number of H-pyrrole nitrogens is 1. The van der Waals surface area contributed by atoms with Gasteiger partial charge in [-0.2, -0.15) is 0 Å². The summed E-state index contributed by atoms with van der Waals surface area (Å²) in [6.45, 7) is 7.49. The van der Waals surface area contributed by atoms with Crippen LogP contribution in [0.5, 0.6) is 0 Å². The highest BCUT2D eigenvalue weighted by molar-refractivity contribution is 5.39. The molecule has 2 aromatic rings. The van der Waals surface area contributed by atoms with Crippen LogP contribution in [0.1, 0.15) is 22.6 Å². The molecule has 7 nitrogen and oxygen atoms in total. The predicted octanol–water partition coefficient (Wildman–Crippen LogP) is 0.868. The van der Waals surface area contributed by atoms with Crippen LogP contribution >= 0.6 is 0 Å². The number of aromatic amines is 1. The minimum Gasteiger partial charge on any atom is -0.378 e. The van der Waals surface area contributed by atoms with Crippen LogP contribution < -0.4 is 10.5 Å². The minimum absolute atomic E-state index is 0.00649. The lowest BCUT2D eigenvalue weighted by Gasteiger charge is -2.29. The van der Waals surface area contributed by atoms with Crippen LogP contribution in [0.15, 0.2) is 23.1 Å². The number of morpholine rings is 1. The molecular formula is C18H23N5O2. The van der Waals surface area contributed by atoms with Gasteiger partial charge in [0.15, 0.2) is 0 Å². The van der Waals surface area contributed by atoms with Crippen molar-refractivity contribution in [2.24, 2.45) is 0 Å². The van der Waals surface area contributed by atoms with Gasteiger partial charge in [-0.05, 0) is 18.6 Å². The standard InChI is InChI=1S/C18H23N5O2/c1-13-20-16-4-5-22(12-15(16)18(24)21-13)11-14-2-3-17(19-10-14)23-6-8-25-9-7-23/h2-3,10H,4-9,11-12H2,1H3,(H,20,21,24). The van der Waals surface area contributed by atoms with E-state index in [9.17, 15) is 4.79 Å². The predicted molar refractivity (Wildman–Crippen MR) is 94.7 cm³/mol. The molecule has 4 rings (SSSR count). The first-order valence-electron chi connectivity index (χ1n) is 8.78. The number of aromatic nitrogens is 3. The van der Waals surface area contributed by atoms with Crippen LogP contribution in [0.2, 0.25) is 0 Å². The van der Waals surface area contributed by atoms with Crippen molar-refractivity contribution in [3.05, 3.63) is 51.3 Å². The molecule has 2 aliphatic rings. The van der Waals surface area contributed by atoms with Gasteiger partial charge in [-0.25, -0.2) is 9.97 Å². The summed E-state index contributed by atoms with van der Waals surface area (Å²) in [4.78, 5) is 28.6. The number of pyridine rings is 1. The fourth-order valence-electron chi connectivity index (χ4n) is 3.49. The van der Waals surface area contributed by atoms with Gasteiger partial charge in [-0.1, -0.05) is 6.07 Å². The first kappa shape index (κ1) is 16.2. The van der Waals surface area contributed by atoms with E-state index in [2.05, 4.69) is 36.9 Å². The molecule has 0 amide bonds. The number of hydrogen-bond acceptors (Lipinski definition) is 6. The fourth-order valence-corrected chi connectivity index (χ4v) is 3.49. The number of aryl methyl sites for hydroxylation is 1. The van der Waals surface area contributed by atoms with Gasteiger partial charge in [-0.15, -0.1) is 0 Å². The zero-order valence-electron chi connectivity index (χ0n) is 14.5.